The van der Waals surface area contributed by atoms with Gasteiger partial charge >= 0.3 is 0 Å². The molecule has 25 heavy (non-hydrogen) atoms. The van der Waals surface area contributed by atoms with Crippen molar-refractivity contribution in [2.24, 2.45) is 0 Å². The minimum absolute atomic E-state index is 0.155. The number of thiophene rings is 1. The Morgan fingerprint density at radius 3 is 2.40 bits per heavy atom. The van der Waals surface area contributed by atoms with Crippen molar-refractivity contribution in [3.63, 3.8) is 0 Å². The largest absolute Gasteiger partial charge is 0.493 e. The highest BCUT2D eigenvalue weighted by atomic mass is 32.2. The van der Waals surface area contributed by atoms with Crippen LogP contribution in [0.25, 0.3) is 0 Å². The Labute approximate surface area is 153 Å². The first-order valence-corrected chi connectivity index (χ1v) is 10.5. The summed E-state index contributed by atoms with van der Waals surface area (Å²) in [5, 5.41) is 0. The van der Waals surface area contributed by atoms with Crippen LogP contribution in [-0.2, 0) is 21.9 Å². The molecule has 0 atom stereocenters. The summed E-state index contributed by atoms with van der Waals surface area (Å²) in [6, 6.07) is 9.36. The van der Waals surface area contributed by atoms with E-state index in [1.807, 2.05) is 31.2 Å². The third-order valence-corrected chi connectivity index (χ3v) is 7.82. The predicted octanol–water partition coefficient (Wildman–Crippen LogP) is 3.34. The number of ether oxygens (including phenoxy) is 2. The van der Waals surface area contributed by atoms with E-state index in [0.29, 0.717) is 22.3 Å². The van der Waals surface area contributed by atoms with E-state index in [-0.39, 0.29) is 5.41 Å². The molecule has 0 unspecified atom stereocenters. The van der Waals surface area contributed by atoms with Gasteiger partial charge in [0.2, 0.25) is 10.0 Å². The summed E-state index contributed by atoms with van der Waals surface area (Å²) < 4.78 is 38.9. The van der Waals surface area contributed by atoms with Gasteiger partial charge < -0.3 is 9.47 Å². The highest BCUT2D eigenvalue weighted by Gasteiger charge is 2.45. The molecule has 3 rings (SSSR count). The van der Waals surface area contributed by atoms with Crippen LogP contribution in [0.4, 0.5) is 0 Å². The van der Waals surface area contributed by atoms with Crippen molar-refractivity contribution in [3.8, 4) is 11.5 Å². The van der Waals surface area contributed by atoms with Crippen LogP contribution in [0.3, 0.4) is 0 Å². The second-order valence-corrected chi connectivity index (χ2v) is 9.41. The SMILES string of the molecule is CCc1ccc(S(=O)(=O)NCC2(c3ccc(OC)c(OC)c3)CC2)s1. The van der Waals surface area contributed by atoms with Crippen LogP contribution >= 0.6 is 11.3 Å². The molecule has 1 saturated carbocycles. The number of methoxy groups -OCH3 is 2. The molecular formula is C18H23NO4S2. The van der Waals surface area contributed by atoms with Crippen molar-refractivity contribution in [1.82, 2.24) is 4.72 Å². The van der Waals surface area contributed by atoms with Crippen LogP contribution in [0.5, 0.6) is 11.5 Å². The Morgan fingerprint density at radius 1 is 1.12 bits per heavy atom. The smallest absolute Gasteiger partial charge is 0.250 e. The number of rotatable bonds is 8. The van der Waals surface area contributed by atoms with Crippen molar-refractivity contribution in [2.75, 3.05) is 20.8 Å². The molecule has 0 bridgehead atoms. The van der Waals surface area contributed by atoms with Crippen LogP contribution in [0.2, 0.25) is 0 Å². The van der Waals surface area contributed by atoms with Gasteiger partial charge in [-0.25, -0.2) is 13.1 Å². The van der Waals surface area contributed by atoms with Crippen LogP contribution < -0.4 is 14.2 Å². The second kappa shape index (κ2) is 6.97. The van der Waals surface area contributed by atoms with E-state index in [1.165, 1.54) is 11.3 Å². The van der Waals surface area contributed by atoms with Gasteiger partial charge in [-0.05, 0) is 49.1 Å². The average Bonchev–Trinajstić information content (AvgIpc) is 3.26. The molecule has 0 aliphatic heterocycles. The molecule has 2 aromatic rings. The Kier molecular flexibility index (Phi) is 5.09. The van der Waals surface area contributed by atoms with Gasteiger partial charge in [0.25, 0.3) is 0 Å². The highest BCUT2D eigenvalue weighted by Crippen LogP contribution is 2.49. The Morgan fingerprint density at radius 2 is 1.84 bits per heavy atom. The van der Waals surface area contributed by atoms with E-state index >= 15 is 0 Å². The number of sulfonamides is 1. The fourth-order valence-corrected chi connectivity index (χ4v) is 5.35. The number of hydrogen-bond acceptors (Lipinski definition) is 5. The molecule has 0 radical (unpaired) electrons. The molecule has 1 aromatic carbocycles. The third-order valence-electron chi connectivity index (χ3n) is 4.70. The number of hydrogen-bond donors (Lipinski definition) is 1. The first kappa shape index (κ1) is 18.2. The van der Waals surface area contributed by atoms with Gasteiger partial charge in [-0.1, -0.05) is 13.0 Å². The molecule has 0 spiro atoms. The lowest BCUT2D eigenvalue weighted by atomic mass is 9.96. The van der Waals surface area contributed by atoms with Gasteiger partial charge in [0.05, 0.1) is 14.2 Å². The zero-order valence-electron chi connectivity index (χ0n) is 14.7. The van der Waals surface area contributed by atoms with Gasteiger partial charge in [0.1, 0.15) is 4.21 Å². The van der Waals surface area contributed by atoms with E-state index in [4.69, 9.17) is 9.47 Å². The van der Waals surface area contributed by atoms with Gasteiger partial charge in [-0.3, -0.25) is 0 Å². The third kappa shape index (κ3) is 3.68. The highest BCUT2D eigenvalue weighted by molar-refractivity contribution is 7.91. The van der Waals surface area contributed by atoms with Gasteiger partial charge in [0.15, 0.2) is 11.5 Å². The van der Waals surface area contributed by atoms with Crippen molar-refractivity contribution >= 4 is 21.4 Å². The molecule has 1 aromatic heterocycles. The van der Waals surface area contributed by atoms with Crippen LogP contribution in [-0.4, -0.2) is 29.2 Å². The van der Waals surface area contributed by atoms with Crippen molar-refractivity contribution in [3.05, 3.63) is 40.8 Å². The van der Waals surface area contributed by atoms with Crippen molar-refractivity contribution < 1.29 is 17.9 Å². The zero-order chi connectivity index (χ0) is 18.1. The molecule has 1 aliphatic rings. The van der Waals surface area contributed by atoms with Gasteiger partial charge in [-0.15, -0.1) is 11.3 Å². The minimum atomic E-state index is -3.47. The van der Waals surface area contributed by atoms with E-state index in [1.54, 1.807) is 20.3 Å². The first-order valence-electron chi connectivity index (χ1n) is 8.25. The maximum atomic E-state index is 12.5. The molecule has 5 nitrogen and oxygen atoms in total. The number of nitrogens with one attached hydrogen (secondary N) is 1. The van der Waals surface area contributed by atoms with Gasteiger partial charge in [-0.2, -0.15) is 0 Å². The molecule has 0 amide bonds. The fraction of sp³-hybridized carbons (Fsp3) is 0.444. The maximum Gasteiger partial charge on any atom is 0.250 e. The lowest BCUT2D eigenvalue weighted by molar-refractivity contribution is 0.354. The minimum Gasteiger partial charge on any atom is -0.493 e. The summed E-state index contributed by atoms with van der Waals surface area (Å²) in [6.45, 7) is 2.41. The lowest BCUT2D eigenvalue weighted by Gasteiger charge is -2.18. The Bertz CT molecular complexity index is 854. The van der Waals surface area contributed by atoms with E-state index in [2.05, 4.69) is 4.72 Å². The van der Waals surface area contributed by atoms with Crippen LogP contribution in [0, 0.1) is 0 Å². The standard InChI is InChI=1S/C18H23NO4S2/c1-4-14-6-8-17(24-14)25(20,21)19-12-18(9-10-18)13-5-7-15(22-2)16(11-13)23-3/h5-8,11,19H,4,9-10,12H2,1-3H3. The number of benzene rings is 1. The first-order chi connectivity index (χ1) is 11.9. The maximum absolute atomic E-state index is 12.5. The quantitative estimate of drug-likeness (QED) is 0.762. The van der Waals surface area contributed by atoms with E-state index < -0.39 is 10.0 Å². The molecule has 1 heterocycles. The molecule has 1 fully saturated rings. The van der Waals surface area contributed by atoms with Gasteiger partial charge in [0, 0.05) is 16.8 Å². The summed E-state index contributed by atoms with van der Waals surface area (Å²) in [4.78, 5) is 1.07. The Balaban J connectivity index is 1.76. The normalized spacial score (nSPS) is 15.8. The molecule has 1 aliphatic carbocycles. The van der Waals surface area contributed by atoms with Crippen LogP contribution in [0.1, 0.15) is 30.2 Å². The van der Waals surface area contributed by atoms with Crippen molar-refractivity contribution in [2.45, 2.75) is 35.8 Å². The lowest BCUT2D eigenvalue weighted by Crippen LogP contribution is -2.31. The molecule has 7 heteroatoms. The summed E-state index contributed by atoms with van der Waals surface area (Å²) in [5.74, 6) is 1.34. The summed E-state index contributed by atoms with van der Waals surface area (Å²) in [7, 11) is -0.262. The summed E-state index contributed by atoms with van der Waals surface area (Å²) in [6.07, 6.45) is 2.75. The van der Waals surface area contributed by atoms with E-state index in [0.717, 1.165) is 29.7 Å². The summed E-state index contributed by atoms with van der Waals surface area (Å²) >= 11 is 1.33. The van der Waals surface area contributed by atoms with E-state index in [9.17, 15) is 8.42 Å². The average molecular weight is 382 g/mol. The second-order valence-electron chi connectivity index (χ2n) is 6.25. The fourth-order valence-electron chi connectivity index (χ4n) is 2.88. The molecule has 1 N–H and O–H groups in total. The molecule has 0 saturated heterocycles. The van der Waals surface area contributed by atoms with Crippen molar-refractivity contribution in [1.29, 1.82) is 0 Å². The predicted molar refractivity (Wildman–Crippen MR) is 99.3 cm³/mol. The summed E-state index contributed by atoms with van der Waals surface area (Å²) in [5.41, 5.74) is 0.922. The van der Waals surface area contributed by atoms with Crippen LogP contribution in [0.15, 0.2) is 34.5 Å². The Hall–Kier alpha value is -1.57. The zero-order valence-corrected chi connectivity index (χ0v) is 16.3. The topological polar surface area (TPSA) is 64.6 Å². The number of aryl methyl sites for hydroxylation is 1. The monoisotopic (exact) mass is 381 g/mol. The molecule has 136 valence electrons. The molecular weight excluding hydrogens is 358 g/mol.